The summed E-state index contributed by atoms with van der Waals surface area (Å²) in [5.74, 6) is 0.738. The molecule has 0 radical (unpaired) electrons. The number of benzene rings is 2. The van der Waals surface area contributed by atoms with Crippen molar-refractivity contribution in [3.05, 3.63) is 66.7 Å². The van der Waals surface area contributed by atoms with Crippen LogP contribution in [0.5, 0.6) is 0 Å². The Labute approximate surface area is 177 Å². The summed E-state index contributed by atoms with van der Waals surface area (Å²) >= 11 is 0. The van der Waals surface area contributed by atoms with Crippen LogP contribution in [0.4, 0.5) is 0 Å². The Morgan fingerprint density at radius 3 is 2.48 bits per heavy atom. The average molecular weight is 434 g/mol. The lowest BCUT2D eigenvalue weighted by Gasteiger charge is -2.10. The molecule has 0 aliphatic rings. The van der Waals surface area contributed by atoms with E-state index in [2.05, 4.69) is 37.2 Å². The lowest BCUT2D eigenvalue weighted by atomic mass is 10.0. The summed E-state index contributed by atoms with van der Waals surface area (Å²) in [6.45, 7) is 1.79. The predicted molar refractivity (Wildman–Crippen MR) is 116 cm³/mol. The first-order valence-electron chi connectivity index (χ1n) is 9.75. The van der Waals surface area contributed by atoms with Crippen molar-refractivity contribution >= 4 is 24.4 Å². The van der Waals surface area contributed by atoms with E-state index in [1.807, 2.05) is 42.5 Å². The zero-order chi connectivity index (χ0) is 21.4. The fourth-order valence-electron chi connectivity index (χ4n) is 3.45. The van der Waals surface area contributed by atoms with Crippen LogP contribution in [-0.4, -0.2) is 41.1 Å². The van der Waals surface area contributed by atoms with Crippen molar-refractivity contribution < 1.29 is 14.0 Å². The molecule has 5 aromatic rings. The summed E-state index contributed by atoms with van der Waals surface area (Å²) in [6.07, 6.45) is 1.21. The summed E-state index contributed by atoms with van der Waals surface area (Å²) in [6, 6.07) is 18.0. The fourth-order valence-corrected chi connectivity index (χ4v) is 4.51. The summed E-state index contributed by atoms with van der Waals surface area (Å²) in [4.78, 5) is 26.4. The molecule has 0 bridgehead atoms. The topological polar surface area (TPSA) is 118 Å². The molecule has 0 saturated carbocycles. The molecule has 2 aromatic carbocycles. The van der Waals surface area contributed by atoms with Gasteiger partial charge in [-0.05, 0) is 18.1 Å². The van der Waals surface area contributed by atoms with Crippen molar-refractivity contribution in [3.63, 3.8) is 0 Å². The van der Waals surface area contributed by atoms with E-state index in [9.17, 15) is 9.46 Å². The second-order valence-corrected chi connectivity index (χ2v) is 8.81. The number of hydrogen-bond acceptors (Lipinski definition) is 6. The van der Waals surface area contributed by atoms with Gasteiger partial charge in [0.2, 0.25) is 0 Å². The highest BCUT2D eigenvalue weighted by Gasteiger charge is 2.25. The van der Waals surface area contributed by atoms with Gasteiger partial charge in [-0.2, -0.15) is 4.52 Å². The lowest BCUT2D eigenvalue weighted by Crippen LogP contribution is -2.05. The van der Waals surface area contributed by atoms with Crippen molar-refractivity contribution in [3.8, 4) is 22.5 Å². The van der Waals surface area contributed by atoms with Crippen LogP contribution in [0.15, 0.2) is 60.9 Å². The number of imidazole rings is 1. The number of rotatable bonds is 6. The normalized spacial score (nSPS) is 13.6. The van der Waals surface area contributed by atoms with Gasteiger partial charge >= 0.3 is 7.60 Å². The van der Waals surface area contributed by atoms with E-state index >= 15 is 0 Å². The van der Waals surface area contributed by atoms with Gasteiger partial charge < -0.3 is 14.4 Å². The standard InChI is InChI=1S/C21H19N6O3P/c1-2-30-31(28,29)12-17-24-20-18(22-13-23-20)21-25-19(26-27(17)21)16-10-8-15(9-11-16)14-6-4-3-5-7-14/h3-11,13H,2,12H2,1H3,(H,22,23)(H,28,29). The number of H-pyrrole nitrogens is 1. The maximum atomic E-state index is 12.4. The Kier molecular flexibility index (Phi) is 4.86. The molecule has 3 aromatic heterocycles. The molecule has 0 fully saturated rings. The number of aromatic nitrogens is 6. The highest BCUT2D eigenvalue weighted by molar-refractivity contribution is 7.51. The highest BCUT2D eigenvalue weighted by atomic mass is 31.2. The van der Waals surface area contributed by atoms with E-state index in [1.54, 1.807) is 6.92 Å². The first-order valence-corrected chi connectivity index (χ1v) is 11.5. The van der Waals surface area contributed by atoms with Gasteiger partial charge in [-0.15, -0.1) is 5.10 Å². The molecule has 156 valence electrons. The van der Waals surface area contributed by atoms with Gasteiger partial charge in [-0.1, -0.05) is 54.6 Å². The molecule has 2 N–H and O–H groups in total. The molecule has 31 heavy (non-hydrogen) atoms. The van der Waals surface area contributed by atoms with E-state index in [-0.39, 0.29) is 18.6 Å². The molecule has 1 atom stereocenters. The number of nitrogens with one attached hydrogen (secondary N) is 1. The van der Waals surface area contributed by atoms with Crippen molar-refractivity contribution in [1.29, 1.82) is 0 Å². The van der Waals surface area contributed by atoms with Crippen LogP contribution in [0.3, 0.4) is 0 Å². The molecular weight excluding hydrogens is 415 g/mol. The Morgan fingerprint density at radius 1 is 1.03 bits per heavy atom. The summed E-state index contributed by atoms with van der Waals surface area (Å²) < 4.78 is 18.8. The van der Waals surface area contributed by atoms with E-state index in [1.165, 1.54) is 10.8 Å². The summed E-state index contributed by atoms with van der Waals surface area (Å²) in [7, 11) is -3.87. The van der Waals surface area contributed by atoms with Gasteiger partial charge in [0.25, 0.3) is 0 Å². The van der Waals surface area contributed by atoms with Crippen LogP contribution >= 0.6 is 7.60 Å². The molecule has 9 nitrogen and oxygen atoms in total. The van der Waals surface area contributed by atoms with Crippen LogP contribution in [0, 0.1) is 0 Å². The lowest BCUT2D eigenvalue weighted by molar-refractivity contribution is 0.272. The van der Waals surface area contributed by atoms with E-state index in [0.29, 0.717) is 22.6 Å². The van der Waals surface area contributed by atoms with E-state index in [4.69, 9.17) is 4.52 Å². The Balaban J connectivity index is 1.59. The maximum absolute atomic E-state index is 12.4. The molecule has 0 aliphatic carbocycles. The van der Waals surface area contributed by atoms with Crippen LogP contribution in [0.2, 0.25) is 0 Å². The van der Waals surface area contributed by atoms with Crippen molar-refractivity contribution in [2.24, 2.45) is 0 Å². The fraction of sp³-hybridized carbons (Fsp3) is 0.143. The number of aromatic amines is 1. The van der Waals surface area contributed by atoms with Crippen LogP contribution in [0.1, 0.15) is 12.7 Å². The van der Waals surface area contributed by atoms with Gasteiger partial charge in [-0.25, -0.2) is 15.0 Å². The molecule has 0 aliphatic heterocycles. The van der Waals surface area contributed by atoms with Gasteiger partial charge in [0.05, 0.1) is 12.9 Å². The molecule has 5 rings (SSSR count). The Hall–Kier alpha value is -3.39. The zero-order valence-corrected chi connectivity index (χ0v) is 17.5. The van der Waals surface area contributed by atoms with Gasteiger partial charge in [-0.3, -0.25) is 4.57 Å². The second-order valence-electron chi connectivity index (χ2n) is 6.96. The maximum Gasteiger partial charge on any atom is 0.335 e. The zero-order valence-electron chi connectivity index (χ0n) is 16.6. The second kappa shape index (κ2) is 7.70. The number of nitrogens with zero attached hydrogens (tertiary/aromatic N) is 5. The van der Waals surface area contributed by atoms with Crippen LogP contribution in [0.25, 0.3) is 39.3 Å². The third-order valence-electron chi connectivity index (χ3n) is 4.85. The molecule has 0 spiro atoms. The SMILES string of the molecule is CCOP(=O)(O)Cc1nc2nc[nH]c2c2nc(-c3ccc(-c4ccccc4)cc3)nn12. The molecule has 10 heteroatoms. The minimum absolute atomic E-state index is 0.123. The quantitative estimate of drug-likeness (QED) is 0.387. The first-order chi connectivity index (χ1) is 15.0. The van der Waals surface area contributed by atoms with Crippen LogP contribution in [-0.2, 0) is 15.3 Å². The minimum atomic E-state index is -3.87. The smallest absolute Gasteiger partial charge is 0.335 e. The van der Waals surface area contributed by atoms with Crippen LogP contribution < -0.4 is 0 Å². The molecular formula is C21H19N6O3P. The number of hydrogen-bond donors (Lipinski definition) is 2. The van der Waals surface area contributed by atoms with Crippen molar-refractivity contribution in [1.82, 2.24) is 29.5 Å². The third-order valence-corrected chi connectivity index (χ3v) is 6.20. The third kappa shape index (κ3) is 3.74. The van der Waals surface area contributed by atoms with Gasteiger partial charge in [0.15, 0.2) is 17.1 Å². The molecule has 3 heterocycles. The van der Waals surface area contributed by atoms with Crippen molar-refractivity contribution in [2.75, 3.05) is 6.61 Å². The Morgan fingerprint density at radius 2 is 1.74 bits per heavy atom. The monoisotopic (exact) mass is 434 g/mol. The molecule has 1 unspecified atom stereocenters. The summed E-state index contributed by atoms with van der Waals surface area (Å²) in [5, 5.41) is 4.57. The van der Waals surface area contributed by atoms with Crippen molar-refractivity contribution in [2.45, 2.75) is 13.1 Å². The largest absolute Gasteiger partial charge is 0.340 e. The average Bonchev–Trinajstić information content (AvgIpc) is 3.41. The molecule has 0 amide bonds. The number of fused-ring (bicyclic) bond motifs is 3. The van der Waals surface area contributed by atoms with E-state index in [0.717, 1.165) is 16.7 Å². The highest BCUT2D eigenvalue weighted by Crippen LogP contribution is 2.45. The van der Waals surface area contributed by atoms with E-state index < -0.39 is 7.60 Å². The van der Waals surface area contributed by atoms with Gasteiger partial charge in [0, 0.05) is 5.56 Å². The first kappa shape index (κ1) is 19.6. The minimum Gasteiger partial charge on any atom is -0.340 e. The summed E-state index contributed by atoms with van der Waals surface area (Å²) in [5.41, 5.74) is 4.52. The van der Waals surface area contributed by atoms with Gasteiger partial charge in [0.1, 0.15) is 17.5 Å². The molecule has 0 saturated heterocycles. The Bertz CT molecular complexity index is 1410. The predicted octanol–water partition coefficient (Wildman–Crippen LogP) is 4.06.